The van der Waals surface area contributed by atoms with Crippen molar-refractivity contribution in [2.45, 2.75) is 50.9 Å². The second kappa shape index (κ2) is 7.05. The number of hydrogen-bond acceptors (Lipinski definition) is 5. The van der Waals surface area contributed by atoms with E-state index in [4.69, 9.17) is 0 Å². The zero-order valence-electron chi connectivity index (χ0n) is 16.7. The van der Waals surface area contributed by atoms with Gasteiger partial charge >= 0.3 is 5.97 Å². The molecule has 28 heavy (non-hydrogen) atoms. The minimum atomic E-state index is -0.752. The first-order valence-corrected chi connectivity index (χ1v) is 9.34. The third kappa shape index (κ3) is 2.73. The predicted molar refractivity (Wildman–Crippen MR) is 106 cm³/mol. The van der Waals surface area contributed by atoms with Crippen molar-refractivity contribution >= 4 is 24.0 Å². The number of esters is 1. The first-order valence-electron chi connectivity index (χ1n) is 9.34. The quantitative estimate of drug-likeness (QED) is 0.440. The number of methoxy groups -OCH3 is 1. The molecule has 7 nitrogen and oxygen atoms in total. The van der Waals surface area contributed by atoms with E-state index in [0.29, 0.717) is 6.42 Å². The summed E-state index contributed by atoms with van der Waals surface area (Å²) in [5.74, 6) is -0.803. The van der Waals surface area contributed by atoms with Crippen LogP contribution in [0.5, 0.6) is 0 Å². The zero-order valence-corrected chi connectivity index (χ0v) is 16.7. The maximum Gasteiger partial charge on any atom is 0.328 e. The standard InChI is InChI=1S/C21H27N3O4/c1-6-20(3,4)21-11-15(17(26)22-13(2)18(27)28-5)23-19(21)24(12-25)16-10-8-7-9-14(16)21/h6-10,12-13,15,19,23H,1,11H2,2-5H3,(H,22,26)/t13-,15+,19-,21-/m1/s1. The van der Waals surface area contributed by atoms with Crippen molar-refractivity contribution in [3.8, 4) is 0 Å². The molecule has 0 saturated carbocycles. The van der Waals surface area contributed by atoms with Crippen molar-refractivity contribution in [3.05, 3.63) is 42.5 Å². The highest BCUT2D eigenvalue weighted by molar-refractivity contribution is 5.90. The normalized spacial score (nSPS) is 26.8. The second-order valence-electron chi connectivity index (χ2n) is 8.01. The van der Waals surface area contributed by atoms with Crippen molar-refractivity contribution in [2.75, 3.05) is 12.0 Å². The third-order valence-corrected chi connectivity index (χ3v) is 6.30. The van der Waals surface area contributed by atoms with Gasteiger partial charge in [-0.2, -0.15) is 0 Å². The number of para-hydroxylation sites is 1. The van der Waals surface area contributed by atoms with E-state index in [0.717, 1.165) is 17.7 Å². The van der Waals surface area contributed by atoms with E-state index in [1.54, 1.807) is 11.8 Å². The first-order chi connectivity index (χ1) is 13.2. The average molecular weight is 385 g/mol. The van der Waals surface area contributed by atoms with Crippen LogP contribution in [0.25, 0.3) is 0 Å². The Balaban J connectivity index is 2.00. The van der Waals surface area contributed by atoms with Crippen molar-refractivity contribution in [3.63, 3.8) is 0 Å². The van der Waals surface area contributed by atoms with Gasteiger partial charge in [0.15, 0.2) is 0 Å². The largest absolute Gasteiger partial charge is 0.467 e. The number of nitrogens with one attached hydrogen (secondary N) is 2. The van der Waals surface area contributed by atoms with E-state index < -0.39 is 28.9 Å². The molecular formula is C21H27N3O4. The van der Waals surface area contributed by atoms with Crippen LogP contribution >= 0.6 is 0 Å². The highest BCUT2D eigenvalue weighted by Crippen LogP contribution is 2.58. The summed E-state index contributed by atoms with van der Waals surface area (Å²) in [4.78, 5) is 38.1. The Morgan fingerprint density at radius 1 is 1.43 bits per heavy atom. The molecule has 2 aliphatic rings. The molecule has 1 saturated heterocycles. The van der Waals surface area contributed by atoms with Gasteiger partial charge in [0, 0.05) is 11.1 Å². The summed E-state index contributed by atoms with van der Waals surface area (Å²) < 4.78 is 4.68. The third-order valence-electron chi connectivity index (χ3n) is 6.30. The molecular weight excluding hydrogens is 358 g/mol. The van der Waals surface area contributed by atoms with Crippen LogP contribution in [0.3, 0.4) is 0 Å². The molecule has 2 N–H and O–H groups in total. The Hall–Kier alpha value is -2.67. The molecule has 1 aromatic rings. The van der Waals surface area contributed by atoms with E-state index in [9.17, 15) is 14.4 Å². The van der Waals surface area contributed by atoms with Gasteiger partial charge in [0.25, 0.3) is 0 Å². The summed E-state index contributed by atoms with van der Waals surface area (Å²) in [5, 5.41) is 6.02. The van der Waals surface area contributed by atoms with Gasteiger partial charge in [-0.15, -0.1) is 6.58 Å². The predicted octanol–water partition coefficient (Wildman–Crippen LogP) is 1.48. The number of allylic oxidation sites excluding steroid dienone is 1. The molecule has 0 unspecified atom stereocenters. The monoisotopic (exact) mass is 385 g/mol. The van der Waals surface area contributed by atoms with Crippen LogP contribution in [0.4, 0.5) is 5.69 Å². The number of hydrogen-bond donors (Lipinski definition) is 2. The molecule has 1 fully saturated rings. The molecule has 0 aliphatic carbocycles. The maximum absolute atomic E-state index is 12.9. The minimum absolute atomic E-state index is 0.296. The molecule has 0 spiro atoms. The van der Waals surface area contributed by atoms with Gasteiger partial charge in [0.1, 0.15) is 6.04 Å². The molecule has 150 valence electrons. The number of ether oxygens (including phenoxy) is 1. The second-order valence-corrected chi connectivity index (χ2v) is 8.01. The summed E-state index contributed by atoms with van der Waals surface area (Å²) in [7, 11) is 1.28. The number of amides is 2. The lowest BCUT2D eigenvalue weighted by molar-refractivity contribution is -0.144. The summed E-state index contributed by atoms with van der Waals surface area (Å²) >= 11 is 0. The van der Waals surface area contributed by atoms with Crippen LogP contribution in [0.2, 0.25) is 0 Å². The lowest BCUT2D eigenvalue weighted by atomic mass is 9.60. The average Bonchev–Trinajstić information content (AvgIpc) is 3.21. The highest BCUT2D eigenvalue weighted by atomic mass is 16.5. The molecule has 2 amide bonds. The van der Waals surface area contributed by atoms with E-state index in [1.807, 2.05) is 30.3 Å². The fraction of sp³-hybridized carbons (Fsp3) is 0.476. The van der Waals surface area contributed by atoms with E-state index in [1.165, 1.54) is 7.11 Å². The van der Waals surface area contributed by atoms with Crippen LogP contribution in [-0.4, -0.2) is 43.6 Å². The molecule has 4 atom stereocenters. The molecule has 0 aromatic heterocycles. The molecule has 1 aromatic carbocycles. The Morgan fingerprint density at radius 2 is 2.11 bits per heavy atom. The Morgan fingerprint density at radius 3 is 2.71 bits per heavy atom. The van der Waals surface area contributed by atoms with Gasteiger partial charge in [-0.1, -0.05) is 38.1 Å². The Labute approximate surface area is 165 Å². The lowest BCUT2D eigenvalue weighted by Gasteiger charge is -2.43. The number of rotatable bonds is 6. The van der Waals surface area contributed by atoms with Gasteiger partial charge in [0.05, 0.1) is 19.3 Å². The number of benzene rings is 1. The van der Waals surface area contributed by atoms with Crippen LogP contribution in [-0.2, 0) is 24.5 Å². The Bertz CT molecular complexity index is 822. The van der Waals surface area contributed by atoms with Crippen molar-refractivity contribution in [2.24, 2.45) is 5.41 Å². The van der Waals surface area contributed by atoms with Gasteiger partial charge < -0.3 is 10.1 Å². The molecule has 7 heteroatoms. The molecule has 2 aliphatic heterocycles. The molecule has 0 bridgehead atoms. The van der Waals surface area contributed by atoms with E-state index in [2.05, 4.69) is 35.8 Å². The molecule has 0 radical (unpaired) electrons. The number of carbonyl (C=O) groups is 3. The highest BCUT2D eigenvalue weighted by Gasteiger charge is 2.63. The fourth-order valence-corrected chi connectivity index (χ4v) is 4.60. The number of anilines is 1. The minimum Gasteiger partial charge on any atom is -0.467 e. The SMILES string of the molecule is C=CC(C)(C)[C@@]12C[C@@H](C(=O)N[C@H](C)C(=O)OC)N[C@@H]1N(C=O)c1ccccc12. The van der Waals surface area contributed by atoms with Crippen LogP contribution in [0, 0.1) is 5.41 Å². The maximum atomic E-state index is 12.9. The summed E-state index contributed by atoms with van der Waals surface area (Å²) in [6.45, 7) is 9.72. The van der Waals surface area contributed by atoms with Crippen LogP contribution in [0.15, 0.2) is 36.9 Å². The lowest BCUT2D eigenvalue weighted by Crippen LogP contribution is -2.54. The van der Waals surface area contributed by atoms with Gasteiger partial charge in [-0.25, -0.2) is 4.79 Å². The smallest absolute Gasteiger partial charge is 0.328 e. The van der Waals surface area contributed by atoms with E-state index >= 15 is 0 Å². The van der Waals surface area contributed by atoms with Crippen molar-refractivity contribution in [1.82, 2.24) is 10.6 Å². The van der Waals surface area contributed by atoms with Crippen LogP contribution in [0.1, 0.15) is 32.8 Å². The van der Waals surface area contributed by atoms with Gasteiger partial charge in [0.2, 0.25) is 12.3 Å². The van der Waals surface area contributed by atoms with E-state index in [-0.39, 0.29) is 12.1 Å². The van der Waals surface area contributed by atoms with Crippen molar-refractivity contribution < 1.29 is 19.1 Å². The molecule has 2 heterocycles. The van der Waals surface area contributed by atoms with Gasteiger partial charge in [-0.3, -0.25) is 19.8 Å². The van der Waals surface area contributed by atoms with Crippen LogP contribution < -0.4 is 15.5 Å². The summed E-state index contributed by atoms with van der Waals surface area (Å²) in [5.41, 5.74) is 0.928. The first kappa shape index (κ1) is 20.1. The Kier molecular flexibility index (Phi) is 5.06. The number of nitrogens with zero attached hydrogens (tertiary/aromatic N) is 1. The number of carbonyl (C=O) groups excluding carboxylic acids is 3. The van der Waals surface area contributed by atoms with Gasteiger partial charge in [-0.05, 0) is 30.4 Å². The fourth-order valence-electron chi connectivity index (χ4n) is 4.60. The summed E-state index contributed by atoms with van der Waals surface area (Å²) in [6.07, 6.45) is 2.76. The summed E-state index contributed by atoms with van der Waals surface area (Å²) in [6, 6.07) is 6.45. The van der Waals surface area contributed by atoms with Crippen molar-refractivity contribution in [1.29, 1.82) is 0 Å². The zero-order chi connectivity index (χ0) is 20.7. The molecule has 3 rings (SSSR count). The number of fused-ring (bicyclic) bond motifs is 3. The topological polar surface area (TPSA) is 87.7 Å².